The van der Waals surface area contributed by atoms with Gasteiger partial charge in [0.15, 0.2) is 37.4 Å². The van der Waals surface area contributed by atoms with Crippen LogP contribution in [0.5, 0.6) is 0 Å². The quantitative estimate of drug-likeness (QED) is 0.0639. The molecule has 61 heavy (non-hydrogen) atoms. The Morgan fingerprint density at radius 2 is 0.918 bits per heavy atom. The maximum Gasteiger partial charge on any atom is 0.397 e. The molecule has 0 radical (unpaired) electrons. The number of aliphatic hydroxyl groups is 8. The molecular weight excluding hydrogens is 892 g/mol. The number of aliphatic hydroxyl groups excluding tert-OH is 8. The van der Waals surface area contributed by atoms with Crippen molar-refractivity contribution in [2.45, 2.75) is 137 Å². The van der Waals surface area contributed by atoms with Gasteiger partial charge in [0.1, 0.15) is 85.3 Å². The van der Waals surface area contributed by atoms with E-state index in [0.29, 0.717) is 0 Å². The van der Waals surface area contributed by atoms with Crippen molar-refractivity contribution < 1.29 is 138 Å². The van der Waals surface area contributed by atoms with E-state index in [1.54, 1.807) is 0 Å². The number of nitrogens with one attached hydrogen (secondary N) is 2. The van der Waals surface area contributed by atoms with E-state index >= 15 is 0 Å². The second kappa shape index (κ2) is 20.2. The second-order valence-electron chi connectivity index (χ2n) is 13.7. The van der Waals surface area contributed by atoms with Gasteiger partial charge in [-0.05, 0) is 0 Å². The SMILES string of the molecule is CC(=O)NC1[C@H](O[C@@H]2C(C(=O)O)O[C@@H](O[C@@H]3C(NC(C)=O)[C@H](O)OC(COS(=O)(=O)O)[C@@H]3O)C(O)[C@H]2O)OC(COS(=O)(=O)O)[C@H](O)[C@@H]1O[C@@H]1OC(C(=O)O)[C@@H](O)[C@H](O)C1O. The van der Waals surface area contributed by atoms with E-state index in [-0.39, 0.29) is 0 Å². The van der Waals surface area contributed by atoms with Crippen LogP contribution in [0.1, 0.15) is 13.8 Å². The fourth-order valence-electron chi connectivity index (χ4n) is 6.58. The number of carboxylic acids is 2. The first-order valence-electron chi connectivity index (χ1n) is 17.4. The van der Waals surface area contributed by atoms with Gasteiger partial charge >= 0.3 is 32.7 Å². The van der Waals surface area contributed by atoms with E-state index in [4.69, 9.17) is 37.7 Å². The molecule has 0 aromatic carbocycles. The van der Waals surface area contributed by atoms with Crippen molar-refractivity contribution in [1.29, 1.82) is 0 Å². The number of aliphatic carboxylic acids is 2. The minimum atomic E-state index is -5.32. The number of hydrogen-bond acceptors (Lipinski definition) is 25. The number of carbonyl (C=O) groups is 4. The van der Waals surface area contributed by atoms with Crippen molar-refractivity contribution >= 4 is 44.6 Å². The third-order valence-electron chi connectivity index (χ3n) is 9.34. The van der Waals surface area contributed by atoms with Crippen molar-refractivity contribution in [2.24, 2.45) is 0 Å². The zero-order valence-electron chi connectivity index (χ0n) is 31.1. The summed E-state index contributed by atoms with van der Waals surface area (Å²) in [5.41, 5.74) is 0. The molecule has 8 unspecified atom stereocenters. The van der Waals surface area contributed by atoms with E-state index in [0.717, 1.165) is 13.8 Å². The van der Waals surface area contributed by atoms with Crippen LogP contribution in [0.25, 0.3) is 0 Å². The molecule has 2 amide bonds. The molecule has 4 aliphatic heterocycles. The van der Waals surface area contributed by atoms with Gasteiger partial charge in [-0.15, -0.1) is 0 Å². The molecule has 4 aliphatic rings. The molecule has 0 spiro atoms. The van der Waals surface area contributed by atoms with Crippen LogP contribution < -0.4 is 10.6 Å². The Hall–Kier alpha value is -2.98. The summed E-state index contributed by atoms with van der Waals surface area (Å²) in [5.74, 6) is -5.82. The van der Waals surface area contributed by atoms with Gasteiger partial charge in [-0.3, -0.25) is 18.7 Å². The molecule has 33 heteroatoms. The zero-order valence-corrected chi connectivity index (χ0v) is 32.7. The highest BCUT2D eigenvalue weighted by atomic mass is 32.3. The summed E-state index contributed by atoms with van der Waals surface area (Å²) in [6.07, 6.45) is -40.8. The molecule has 20 atom stereocenters. The average Bonchev–Trinajstić information content (AvgIpc) is 3.13. The summed E-state index contributed by atoms with van der Waals surface area (Å²) in [5, 5.41) is 110. The van der Waals surface area contributed by atoms with Gasteiger partial charge in [-0.25, -0.2) is 18.0 Å². The van der Waals surface area contributed by atoms with Gasteiger partial charge in [-0.2, -0.15) is 16.8 Å². The number of ether oxygens (including phenoxy) is 7. The number of rotatable bonds is 16. The predicted octanol–water partition coefficient (Wildman–Crippen LogP) is -9.62. The van der Waals surface area contributed by atoms with Crippen molar-refractivity contribution in [3.63, 3.8) is 0 Å². The molecule has 4 fully saturated rings. The van der Waals surface area contributed by atoms with Crippen molar-refractivity contribution in [3.8, 4) is 0 Å². The summed E-state index contributed by atoms with van der Waals surface area (Å²) >= 11 is 0. The standard InChI is InChI=1S/C28H44N2O29S2/c1-5(31)29-9-18(11(33)7(53-25(9)44)3-51-60(45,46)47)55-28-17(39)15(37)20(22(59-28)24(42)43)57-26-10(30-6(2)32)19(12(34)8(54-26)4-52-61(48,49)50)56-27-16(38)13(35)14(36)21(58-27)23(40)41/h7-22,25-28,33-39,44H,3-4H2,1-2H3,(H,29,31)(H,30,32)(H,40,41)(H,42,43)(H,45,46,47)(H,48,49,50)/t7?,8?,9?,10?,11-,12-,13-,14-,15+,16?,17?,18+,19+,20-,21?,22?,25+,26-,27+,28+/m0/s1. The lowest BCUT2D eigenvalue weighted by atomic mass is 9.94. The first-order valence-corrected chi connectivity index (χ1v) is 20.1. The lowest BCUT2D eigenvalue weighted by molar-refractivity contribution is -0.368. The summed E-state index contributed by atoms with van der Waals surface area (Å²) < 4.78 is 109. The highest BCUT2D eigenvalue weighted by molar-refractivity contribution is 7.81. The van der Waals surface area contributed by atoms with Crippen LogP contribution >= 0.6 is 0 Å². The molecule has 0 aliphatic carbocycles. The second-order valence-corrected chi connectivity index (χ2v) is 15.9. The fraction of sp³-hybridized carbons (Fsp3) is 0.857. The molecule has 4 heterocycles. The van der Waals surface area contributed by atoms with Crippen LogP contribution in [0.2, 0.25) is 0 Å². The molecule has 4 saturated heterocycles. The van der Waals surface area contributed by atoms with Crippen LogP contribution in [0.15, 0.2) is 0 Å². The van der Waals surface area contributed by atoms with Crippen LogP contribution in [0.3, 0.4) is 0 Å². The number of carboxylic acid groups (broad SMARTS) is 2. The molecule has 0 aromatic rings. The van der Waals surface area contributed by atoms with Crippen molar-refractivity contribution in [3.05, 3.63) is 0 Å². The maximum atomic E-state index is 12.6. The fourth-order valence-corrected chi connectivity index (χ4v) is 7.19. The molecule has 352 valence electrons. The molecular formula is C28H44N2O29S2. The van der Waals surface area contributed by atoms with Gasteiger partial charge in [0.25, 0.3) is 0 Å². The van der Waals surface area contributed by atoms with Crippen LogP contribution in [-0.4, -0.2) is 237 Å². The van der Waals surface area contributed by atoms with E-state index in [1.165, 1.54) is 0 Å². The van der Waals surface area contributed by atoms with Gasteiger partial charge in [0.2, 0.25) is 11.8 Å². The smallest absolute Gasteiger partial charge is 0.397 e. The molecule has 0 bridgehead atoms. The van der Waals surface area contributed by atoms with E-state index < -0.39 is 180 Å². The first-order chi connectivity index (χ1) is 28.1. The van der Waals surface area contributed by atoms with E-state index in [9.17, 15) is 91.6 Å². The van der Waals surface area contributed by atoms with Gasteiger partial charge in [0, 0.05) is 13.8 Å². The van der Waals surface area contributed by atoms with Crippen molar-refractivity contribution in [1.82, 2.24) is 10.6 Å². The minimum absolute atomic E-state index is 0.861. The summed E-state index contributed by atoms with van der Waals surface area (Å²) in [4.78, 5) is 48.7. The lowest BCUT2D eigenvalue weighted by Gasteiger charge is -2.49. The summed E-state index contributed by atoms with van der Waals surface area (Å²) in [6, 6.07) is -3.83. The molecule has 0 aromatic heterocycles. The molecule has 31 nitrogen and oxygen atoms in total. The Morgan fingerprint density at radius 1 is 0.508 bits per heavy atom. The van der Waals surface area contributed by atoms with E-state index in [1.807, 2.05) is 0 Å². The minimum Gasteiger partial charge on any atom is -0.479 e. The Balaban J connectivity index is 1.68. The lowest BCUT2D eigenvalue weighted by Crippen LogP contribution is -2.70. The van der Waals surface area contributed by atoms with E-state index in [2.05, 4.69) is 19.0 Å². The van der Waals surface area contributed by atoms with Gasteiger partial charge < -0.3 is 94.9 Å². The first kappa shape index (κ1) is 50.7. The highest BCUT2D eigenvalue weighted by Crippen LogP contribution is 2.35. The highest BCUT2D eigenvalue weighted by Gasteiger charge is 2.57. The third-order valence-corrected chi connectivity index (χ3v) is 10.2. The molecule has 14 N–H and O–H groups in total. The summed E-state index contributed by atoms with van der Waals surface area (Å²) in [6.45, 7) is -0.729. The largest absolute Gasteiger partial charge is 0.479 e. The predicted molar refractivity (Wildman–Crippen MR) is 179 cm³/mol. The van der Waals surface area contributed by atoms with Gasteiger partial charge in [0.05, 0.1) is 13.2 Å². The summed E-state index contributed by atoms with van der Waals surface area (Å²) in [7, 11) is -10.5. The Bertz CT molecular complexity index is 1790. The van der Waals surface area contributed by atoms with Crippen molar-refractivity contribution in [2.75, 3.05) is 13.2 Å². The maximum absolute atomic E-state index is 12.6. The Labute approximate surface area is 342 Å². The topological polar surface area (TPSA) is 486 Å². The van der Waals surface area contributed by atoms with Crippen LogP contribution in [0.4, 0.5) is 0 Å². The number of hydrogen-bond donors (Lipinski definition) is 14. The molecule has 0 saturated carbocycles. The Kier molecular flexibility index (Phi) is 16.8. The average molecular weight is 937 g/mol. The third kappa shape index (κ3) is 12.6. The molecule has 4 rings (SSSR count). The van der Waals surface area contributed by atoms with Crippen LogP contribution in [-0.2, 0) is 81.5 Å². The Morgan fingerprint density at radius 3 is 1.38 bits per heavy atom. The van der Waals surface area contributed by atoms with Crippen LogP contribution in [0, 0.1) is 0 Å². The number of carbonyl (C=O) groups excluding carboxylic acids is 2. The van der Waals surface area contributed by atoms with Gasteiger partial charge in [-0.1, -0.05) is 0 Å². The normalized spacial score (nSPS) is 42.3. The number of amides is 2. The monoisotopic (exact) mass is 936 g/mol. The zero-order chi connectivity index (χ0) is 46.0.